The molecule has 3 rings (SSSR count). The molecule has 1 spiro atoms. The summed E-state index contributed by atoms with van der Waals surface area (Å²) >= 11 is 7.66. The Morgan fingerprint density at radius 1 is 1.48 bits per heavy atom. The van der Waals surface area contributed by atoms with E-state index in [1.54, 1.807) is 11.8 Å². The van der Waals surface area contributed by atoms with Gasteiger partial charge in [-0.05, 0) is 19.3 Å². The molecule has 2 atom stereocenters. The van der Waals surface area contributed by atoms with E-state index in [0.717, 1.165) is 25.0 Å². The van der Waals surface area contributed by atoms with Gasteiger partial charge in [0.25, 0.3) is 0 Å². The summed E-state index contributed by atoms with van der Waals surface area (Å²) in [4.78, 5) is 8.67. The molecule has 0 unspecified atom stereocenters. The summed E-state index contributed by atoms with van der Waals surface area (Å²) in [5.74, 6) is 1.50. The number of halogens is 1. The van der Waals surface area contributed by atoms with Gasteiger partial charge < -0.3 is 16.2 Å². The molecular formula is C14H19ClN4OS. The molecule has 2 aliphatic rings. The molecule has 0 aromatic carbocycles. The van der Waals surface area contributed by atoms with Crippen LogP contribution in [0, 0.1) is 5.41 Å². The molecule has 0 radical (unpaired) electrons. The number of nitrogen functional groups attached to an aromatic ring is 1. The van der Waals surface area contributed by atoms with Gasteiger partial charge in [-0.25, -0.2) is 9.97 Å². The number of nitrogens with two attached hydrogens (primary N) is 1. The van der Waals surface area contributed by atoms with Crippen molar-refractivity contribution >= 4 is 34.9 Å². The van der Waals surface area contributed by atoms with Gasteiger partial charge in [-0.15, -0.1) is 0 Å². The van der Waals surface area contributed by atoms with Crippen LogP contribution in [0.4, 0.5) is 11.5 Å². The molecule has 5 nitrogen and oxygen atoms in total. The smallest absolute Gasteiger partial charge is 0.191 e. The molecule has 21 heavy (non-hydrogen) atoms. The molecule has 7 heteroatoms. The van der Waals surface area contributed by atoms with Gasteiger partial charge in [0.15, 0.2) is 16.1 Å². The van der Waals surface area contributed by atoms with Gasteiger partial charge in [-0.3, -0.25) is 0 Å². The van der Waals surface area contributed by atoms with Crippen molar-refractivity contribution < 1.29 is 5.11 Å². The molecule has 2 aliphatic carbocycles. The van der Waals surface area contributed by atoms with Gasteiger partial charge in [0.05, 0.1) is 12.1 Å². The van der Waals surface area contributed by atoms with Crippen LogP contribution in [-0.4, -0.2) is 33.0 Å². The number of hydrogen-bond acceptors (Lipinski definition) is 6. The minimum Gasteiger partial charge on any atom is -0.393 e. The summed E-state index contributed by atoms with van der Waals surface area (Å²) in [5.41, 5.74) is 6.27. The van der Waals surface area contributed by atoms with E-state index in [1.807, 2.05) is 12.2 Å². The van der Waals surface area contributed by atoms with E-state index >= 15 is 0 Å². The number of aliphatic hydroxyl groups excluding tert-OH is 1. The number of nitrogens with zero attached hydrogens (tertiary/aromatic N) is 2. The van der Waals surface area contributed by atoms with Crippen LogP contribution in [0.25, 0.3) is 0 Å². The SMILES string of the molecule is CCCSc1nc(Cl)c(N)c(N[C@H]2C=C[C@@H](O)C23CC3)n1. The number of thioether (sulfide) groups is 1. The molecule has 1 saturated carbocycles. The summed E-state index contributed by atoms with van der Waals surface area (Å²) in [7, 11) is 0. The maximum Gasteiger partial charge on any atom is 0.191 e. The third kappa shape index (κ3) is 2.72. The molecule has 1 heterocycles. The Morgan fingerprint density at radius 2 is 2.24 bits per heavy atom. The lowest BCUT2D eigenvalue weighted by atomic mass is 9.97. The Balaban J connectivity index is 1.81. The summed E-state index contributed by atoms with van der Waals surface area (Å²) in [6.45, 7) is 2.10. The predicted octanol–water partition coefficient (Wildman–Crippen LogP) is 2.71. The zero-order valence-electron chi connectivity index (χ0n) is 11.8. The lowest BCUT2D eigenvalue weighted by molar-refractivity contribution is 0.145. The van der Waals surface area contributed by atoms with Gasteiger partial charge >= 0.3 is 0 Å². The summed E-state index contributed by atoms with van der Waals surface area (Å²) in [6.07, 6.45) is 6.51. The number of aliphatic hydroxyl groups is 1. The van der Waals surface area contributed by atoms with Crippen molar-refractivity contribution in [3.05, 3.63) is 17.3 Å². The Labute approximate surface area is 133 Å². The third-order valence-electron chi connectivity index (χ3n) is 4.13. The molecule has 1 aromatic rings. The standard InChI is InChI=1S/C14H19ClN4OS/c1-2-7-21-13-18-11(15)10(16)12(19-13)17-8-3-4-9(20)14(8)5-6-14/h3-4,8-9,20H,2,5-7,16H2,1H3,(H,17,18,19)/t8-,9+/m0/s1. The van der Waals surface area contributed by atoms with Crippen molar-refractivity contribution in [2.45, 2.75) is 43.5 Å². The highest BCUT2D eigenvalue weighted by Crippen LogP contribution is 2.56. The number of hydrogen-bond donors (Lipinski definition) is 3. The first-order valence-corrected chi connectivity index (χ1v) is 8.52. The fourth-order valence-electron chi connectivity index (χ4n) is 2.66. The quantitative estimate of drug-likeness (QED) is 0.334. The number of aromatic nitrogens is 2. The van der Waals surface area contributed by atoms with Crippen molar-refractivity contribution in [3.63, 3.8) is 0 Å². The largest absolute Gasteiger partial charge is 0.393 e. The van der Waals surface area contributed by atoms with Crippen molar-refractivity contribution in [2.24, 2.45) is 5.41 Å². The maximum absolute atomic E-state index is 10.0. The first kappa shape index (κ1) is 14.9. The normalized spacial score (nSPS) is 25.5. The van der Waals surface area contributed by atoms with Crippen LogP contribution in [-0.2, 0) is 0 Å². The topological polar surface area (TPSA) is 84.1 Å². The molecule has 0 saturated heterocycles. The van der Waals surface area contributed by atoms with Crippen LogP contribution in [0.3, 0.4) is 0 Å². The summed E-state index contributed by atoms with van der Waals surface area (Å²) in [6, 6.07) is 0.0461. The summed E-state index contributed by atoms with van der Waals surface area (Å²) < 4.78 is 0. The van der Waals surface area contributed by atoms with Gasteiger partial charge in [-0.1, -0.05) is 42.4 Å². The Hall–Kier alpha value is -0.980. The van der Waals surface area contributed by atoms with Gasteiger partial charge in [0, 0.05) is 11.2 Å². The van der Waals surface area contributed by atoms with E-state index in [0.29, 0.717) is 16.7 Å². The van der Waals surface area contributed by atoms with Crippen LogP contribution >= 0.6 is 23.4 Å². The van der Waals surface area contributed by atoms with Gasteiger partial charge in [-0.2, -0.15) is 0 Å². The van der Waals surface area contributed by atoms with Crippen LogP contribution in [0.2, 0.25) is 5.15 Å². The fourth-order valence-corrected chi connectivity index (χ4v) is 3.58. The van der Waals surface area contributed by atoms with Crippen molar-refractivity contribution in [1.82, 2.24) is 9.97 Å². The van der Waals surface area contributed by atoms with Crippen LogP contribution in [0.1, 0.15) is 26.2 Å². The monoisotopic (exact) mass is 326 g/mol. The minimum absolute atomic E-state index is 0.0461. The number of rotatable bonds is 5. The van der Waals surface area contributed by atoms with E-state index in [4.69, 9.17) is 17.3 Å². The van der Waals surface area contributed by atoms with Crippen molar-refractivity contribution in [2.75, 3.05) is 16.8 Å². The Bertz CT molecular complexity index is 576. The molecular weight excluding hydrogens is 308 g/mol. The first-order valence-electron chi connectivity index (χ1n) is 7.15. The second kappa shape index (κ2) is 5.66. The molecule has 1 fully saturated rings. The molecule has 0 aliphatic heterocycles. The van der Waals surface area contributed by atoms with E-state index in [9.17, 15) is 5.11 Å². The second-order valence-corrected chi connectivity index (χ2v) is 7.01. The number of nitrogens with one attached hydrogen (secondary N) is 1. The minimum atomic E-state index is -0.387. The molecule has 0 amide bonds. The van der Waals surface area contributed by atoms with E-state index in [1.165, 1.54) is 0 Å². The third-order valence-corrected chi connectivity index (χ3v) is 5.47. The zero-order chi connectivity index (χ0) is 15.0. The zero-order valence-corrected chi connectivity index (χ0v) is 13.4. The van der Waals surface area contributed by atoms with E-state index in [2.05, 4.69) is 22.2 Å². The van der Waals surface area contributed by atoms with Crippen molar-refractivity contribution in [1.29, 1.82) is 0 Å². The highest BCUT2D eigenvalue weighted by Gasteiger charge is 2.56. The molecule has 114 valence electrons. The van der Waals surface area contributed by atoms with Crippen LogP contribution in [0.15, 0.2) is 17.3 Å². The van der Waals surface area contributed by atoms with E-state index < -0.39 is 0 Å². The Morgan fingerprint density at radius 3 is 2.90 bits per heavy atom. The summed E-state index contributed by atoms with van der Waals surface area (Å²) in [5, 5.41) is 14.3. The lowest BCUT2D eigenvalue weighted by Crippen LogP contribution is -2.32. The van der Waals surface area contributed by atoms with Crippen LogP contribution in [0.5, 0.6) is 0 Å². The lowest BCUT2D eigenvalue weighted by Gasteiger charge is -2.23. The second-order valence-electron chi connectivity index (χ2n) is 5.59. The molecule has 1 aromatic heterocycles. The highest BCUT2D eigenvalue weighted by molar-refractivity contribution is 7.99. The number of anilines is 2. The Kier molecular flexibility index (Phi) is 4.03. The average Bonchev–Trinajstić information content (AvgIpc) is 3.21. The van der Waals surface area contributed by atoms with Crippen LogP contribution < -0.4 is 11.1 Å². The first-order chi connectivity index (χ1) is 10.1. The highest BCUT2D eigenvalue weighted by atomic mass is 35.5. The maximum atomic E-state index is 10.0. The molecule has 0 bridgehead atoms. The molecule has 4 N–H and O–H groups in total. The average molecular weight is 327 g/mol. The van der Waals surface area contributed by atoms with E-state index in [-0.39, 0.29) is 22.7 Å². The van der Waals surface area contributed by atoms with Gasteiger partial charge in [0.1, 0.15) is 5.69 Å². The van der Waals surface area contributed by atoms with Gasteiger partial charge in [0.2, 0.25) is 0 Å². The fraction of sp³-hybridized carbons (Fsp3) is 0.571. The predicted molar refractivity (Wildman–Crippen MR) is 86.7 cm³/mol. The van der Waals surface area contributed by atoms with Crippen molar-refractivity contribution in [3.8, 4) is 0 Å².